The normalized spacial score (nSPS) is 19.0. The quantitative estimate of drug-likeness (QED) is 0.423. The van der Waals surface area contributed by atoms with Crippen LogP contribution in [0.5, 0.6) is 0 Å². The summed E-state index contributed by atoms with van der Waals surface area (Å²) in [6.07, 6.45) is 8.07. The average molecular weight is 577 g/mol. The molecule has 2 fully saturated rings. The molecule has 2 saturated heterocycles. The summed E-state index contributed by atoms with van der Waals surface area (Å²) >= 11 is 12.6. The van der Waals surface area contributed by atoms with Crippen LogP contribution in [0.25, 0.3) is 0 Å². The Kier molecular flexibility index (Phi) is 10.0. The maximum Gasteiger partial charge on any atom is 0.270 e. The lowest BCUT2D eigenvalue weighted by Gasteiger charge is -2.50. The van der Waals surface area contributed by atoms with Gasteiger partial charge in [-0.25, -0.2) is 0 Å². The number of amides is 2. The molecule has 2 amide bonds. The number of piperidine rings is 2. The van der Waals surface area contributed by atoms with Gasteiger partial charge in [0.05, 0.1) is 10.0 Å². The highest BCUT2D eigenvalue weighted by Gasteiger charge is 2.47. The number of likely N-dealkylation sites (N-methyl/N-ethyl adjacent to an activating group) is 2. The molecule has 3 heterocycles. The number of hydrogen-bond acceptors (Lipinski definition) is 4. The van der Waals surface area contributed by atoms with Crippen LogP contribution < -0.4 is 0 Å². The van der Waals surface area contributed by atoms with Gasteiger partial charge in [-0.15, -0.1) is 0 Å². The van der Waals surface area contributed by atoms with E-state index in [1.54, 1.807) is 9.80 Å². The first-order valence-electron chi connectivity index (χ1n) is 14.1. The third kappa shape index (κ3) is 6.82. The summed E-state index contributed by atoms with van der Waals surface area (Å²) < 4.78 is 1.85. The van der Waals surface area contributed by atoms with Gasteiger partial charge in [-0.3, -0.25) is 14.5 Å². The zero-order valence-corrected chi connectivity index (χ0v) is 25.3. The molecule has 2 aromatic rings. The molecule has 2 aliphatic rings. The molecule has 0 bridgehead atoms. The van der Waals surface area contributed by atoms with Gasteiger partial charge in [-0.2, -0.15) is 0 Å². The van der Waals surface area contributed by atoms with Crippen molar-refractivity contribution in [2.24, 2.45) is 7.05 Å². The molecule has 7 nitrogen and oxygen atoms in total. The van der Waals surface area contributed by atoms with E-state index in [1.807, 2.05) is 69.3 Å². The van der Waals surface area contributed by atoms with Crippen molar-refractivity contribution in [2.75, 3.05) is 60.4 Å². The van der Waals surface area contributed by atoms with Crippen molar-refractivity contribution in [1.29, 1.82) is 0 Å². The molecule has 4 rings (SSSR count). The maximum absolute atomic E-state index is 13.4. The second-order valence-corrected chi connectivity index (χ2v) is 12.3. The van der Waals surface area contributed by atoms with Crippen LogP contribution in [0.2, 0.25) is 10.0 Å². The van der Waals surface area contributed by atoms with Gasteiger partial charge >= 0.3 is 0 Å². The summed E-state index contributed by atoms with van der Waals surface area (Å²) in [5.74, 6) is 0.351. The first kappa shape index (κ1) is 29.9. The van der Waals surface area contributed by atoms with Crippen molar-refractivity contribution in [3.05, 3.63) is 57.8 Å². The van der Waals surface area contributed by atoms with Crippen molar-refractivity contribution in [3.63, 3.8) is 0 Å². The van der Waals surface area contributed by atoms with Crippen molar-refractivity contribution < 1.29 is 9.59 Å². The molecule has 0 saturated carbocycles. The van der Waals surface area contributed by atoms with E-state index >= 15 is 0 Å². The molecule has 0 aliphatic carbocycles. The van der Waals surface area contributed by atoms with Crippen LogP contribution in [0.4, 0.5) is 0 Å². The van der Waals surface area contributed by atoms with Crippen LogP contribution in [-0.2, 0) is 11.8 Å². The Balaban J connectivity index is 1.45. The molecule has 1 aromatic carbocycles. The van der Waals surface area contributed by atoms with E-state index in [0.717, 1.165) is 57.5 Å². The Bertz CT molecular complexity index is 1140. The number of nitrogens with zero attached hydrogens (tertiary/aromatic N) is 5. The number of benzene rings is 1. The van der Waals surface area contributed by atoms with Crippen LogP contribution in [0, 0.1) is 0 Å². The average Bonchev–Trinajstić information content (AvgIpc) is 3.38. The number of carbonyl (C=O) groups is 2. The molecule has 0 radical (unpaired) electrons. The van der Waals surface area contributed by atoms with E-state index in [1.165, 1.54) is 19.3 Å². The van der Waals surface area contributed by atoms with E-state index in [0.29, 0.717) is 22.3 Å². The van der Waals surface area contributed by atoms with Gasteiger partial charge < -0.3 is 19.3 Å². The van der Waals surface area contributed by atoms with Crippen LogP contribution in [0.15, 0.2) is 36.5 Å². The molecule has 1 aromatic heterocycles. The summed E-state index contributed by atoms with van der Waals surface area (Å²) in [4.78, 5) is 35.1. The lowest BCUT2D eigenvalue weighted by atomic mass is 9.82. The zero-order valence-electron chi connectivity index (χ0n) is 23.8. The van der Waals surface area contributed by atoms with Crippen molar-refractivity contribution >= 4 is 35.0 Å². The van der Waals surface area contributed by atoms with Gasteiger partial charge in [0.1, 0.15) is 11.2 Å². The second kappa shape index (κ2) is 13.1. The first-order chi connectivity index (χ1) is 18.6. The highest BCUT2D eigenvalue weighted by Crippen LogP contribution is 2.34. The molecule has 1 atom stereocenters. The van der Waals surface area contributed by atoms with E-state index in [9.17, 15) is 9.59 Å². The lowest BCUT2D eigenvalue weighted by Crippen LogP contribution is -2.64. The van der Waals surface area contributed by atoms with E-state index in [4.69, 9.17) is 23.2 Å². The monoisotopic (exact) mass is 575 g/mol. The van der Waals surface area contributed by atoms with Gasteiger partial charge in [0.15, 0.2) is 0 Å². The molecule has 214 valence electrons. The minimum Gasteiger partial charge on any atom is -0.347 e. The molecule has 1 unspecified atom stereocenters. The third-order valence-corrected chi connectivity index (χ3v) is 9.40. The number of rotatable bonds is 9. The minimum atomic E-state index is -0.384. The minimum absolute atomic E-state index is 0.000883. The SMILES string of the molecule is CN(C)C(=O)C1(N2CCCCC2)CCN(CCC(CN(C)C(=O)c2cccn2C)c2ccc(Cl)c(Cl)c2)CC1. The van der Waals surface area contributed by atoms with Crippen LogP contribution in [0.1, 0.15) is 60.5 Å². The Labute approximate surface area is 243 Å². The highest BCUT2D eigenvalue weighted by molar-refractivity contribution is 6.42. The van der Waals surface area contributed by atoms with Crippen LogP contribution in [-0.4, -0.2) is 102 Å². The van der Waals surface area contributed by atoms with Gasteiger partial charge in [-0.05, 0) is 81.6 Å². The number of halogens is 2. The highest BCUT2D eigenvalue weighted by atomic mass is 35.5. The Morgan fingerprint density at radius 2 is 1.67 bits per heavy atom. The topological polar surface area (TPSA) is 52.0 Å². The Morgan fingerprint density at radius 1 is 0.974 bits per heavy atom. The fraction of sp³-hybridized carbons (Fsp3) is 0.600. The predicted octanol–water partition coefficient (Wildman–Crippen LogP) is 4.99. The number of aromatic nitrogens is 1. The summed E-state index contributed by atoms with van der Waals surface area (Å²) in [6, 6.07) is 9.53. The number of carbonyl (C=O) groups excluding carboxylic acids is 2. The fourth-order valence-corrected chi connectivity index (χ4v) is 6.62. The first-order valence-corrected chi connectivity index (χ1v) is 14.9. The largest absolute Gasteiger partial charge is 0.347 e. The Morgan fingerprint density at radius 3 is 2.26 bits per heavy atom. The lowest BCUT2D eigenvalue weighted by molar-refractivity contribution is -0.147. The van der Waals surface area contributed by atoms with E-state index in [2.05, 4.69) is 9.80 Å². The van der Waals surface area contributed by atoms with Crippen LogP contribution in [0.3, 0.4) is 0 Å². The summed E-state index contributed by atoms with van der Waals surface area (Å²) in [6.45, 7) is 5.28. The summed E-state index contributed by atoms with van der Waals surface area (Å²) in [5, 5.41) is 1.06. The molecule has 0 spiro atoms. The zero-order chi connectivity index (χ0) is 28.2. The van der Waals surface area contributed by atoms with E-state index in [-0.39, 0.29) is 23.3 Å². The smallest absolute Gasteiger partial charge is 0.270 e. The number of hydrogen-bond donors (Lipinski definition) is 0. The predicted molar refractivity (Wildman–Crippen MR) is 159 cm³/mol. The maximum atomic E-state index is 13.4. The second-order valence-electron chi connectivity index (χ2n) is 11.5. The third-order valence-electron chi connectivity index (χ3n) is 8.66. The molecular weight excluding hydrogens is 533 g/mol. The number of likely N-dealkylation sites (tertiary alicyclic amines) is 2. The van der Waals surface area contributed by atoms with Crippen LogP contribution >= 0.6 is 23.2 Å². The molecular formula is C30H43Cl2N5O2. The Hall–Kier alpha value is -2.06. The van der Waals surface area contributed by atoms with Gasteiger partial charge in [0, 0.05) is 59.9 Å². The van der Waals surface area contributed by atoms with Gasteiger partial charge in [-0.1, -0.05) is 35.7 Å². The fourth-order valence-electron chi connectivity index (χ4n) is 6.31. The van der Waals surface area contributed by atoms with Gasteiger partial charge in [0.2, 0.25) is 5.91 Å². The summed E-state index contributed by atoms with van der Waals surface area (Å²) in [5.41, 5.74) is 1.37. The van der Waals surface area contributed by atoms with Crippen molar-refractivity contribution in [1.82, 2.24) is 24.2 Å². The summed E-state index contributed by atoms with van der Waals surface area (Å²) in [7, 11) is 7.52. The molecule has 9 heteroatoms. The van der Waals surface area contributed by atoms with E-state index < -0.39 is 0 Å². The van der Waals surface area contributed by atoms with Crippen molar-refractivity contribution in [3.8, 4) is 0 Å². The molecule has 39 heavy (non-hydrogen) atoms. The van der Waals surface area contributed by atoms with Crippen molar-refractivity contribution in [2.45, 2.75) is 50.0 Å². The van der Waals surface area contributed by atoms with Gasteiger partial charge in [0.25, 0.3) is 5.91 Å². The molecule has 2 aliphatic heterocycles. The number of aryl methyl sites for hydroxylation is 1. The molecule has 0 N–H and O–H groups in total. The standard InChI is InChI=1S/C30H43Cl2N5O2/c1-33(2)29(39)30(37-16-6-5-7-17-37)13-19-36(20-14-30)18-12-24(23-10-11-25(31)26(32)21-23)22-35(4)28(38)27-9-8-15-34(27)3/h8-11,15,21,24H,5-7,12-14,16-20,22H2,1-4H3.